The summed E-state index contributed by atoms with van der Waals surface area (Å²) < 4.78 is 0. The normalized spacial score (nSPS) is 12.5. The minimum atomic E-state index is -0.507. The molecule has 0 radical (unpaired) electrons. The second-order valence-electron chi connectivity index (χ2n) is 13.5. The molecule has 10 rings (SSSR count). The number of nitrogen functional groups attached to an aromatic ring is 2. The van der Waals surface area contributed by atoms with Crippen molar-refractivity contribution in [2.75, 3.05) is 0 Å². The molecule has 16 nitrogen and oxygen atoms in total. The van der Waals surface area contributed by atoms with Gasteiger partial charge in [0.2, 0.25) is 0 Å². The summed E-state index contributed by atoms with van der Waals surface area (Å²) in [6.45, 7) is 0. The third-order valence-electron chi connectivity index (χ3n) is 9.95. The summed E-state index contributed by atoms with van der Waals surface area (Å²) in [5, 5.41) is 16.0. The van der Waals surface area contributed by atoms with Gasteiger partial charge in [-0.2, -0.15) is 0 Å². The van der Waals surface area contributed by atoms with Gasteiger partial charge in [0.05, 0.1) is 50.1 Å². The monoisotopic (exact) mass is 724 g/mol. The van der Waals surface area contributed by atoms with Crippen molar-refractivity contribution in [3.05, 3.63) is 132 Å². The third-order valence-corrected chi connectivity index (χ3v) is 9.95. The first-order chi connectivity index (χ1) is 26.8. The first-order valence-corrected chi connectivity index (χ1v) is 17.5. The Morgan fingerprint density at radius 1 is 0.545 bits per heavy atom. The van der Waals surface area contributed by atoms with Crippen molar-refractivity contribution in [2.24, 2.45) is 11.5 Å². The van der Waals surface area contributed by atoms with Gasteiger partial charge >= 0.3 is 0 Å². The summed E-state index contributed by atoms with van der Waals surface area (Å²) in [4.78, 5) is 50.0. The summed E-state index contributed by atoms with van der Waals surface area (Å²) in [7, 11) is 0. The van der Waals surface area contributed by atoms with E-state index in [4.69, 9.17) is 42.2 Å². The van der Waals surface area contributed by atoms with Crippen LogP contribution in [0.15, 0.2) is 97.6 Å². The highest BCUT2D eigenvalue weighted by Crippen LogP contribution is 2.40. The lowest BCUT2D eigenvalue weighted by atomic mass is 9.87. The van der Waals surface area contributed by atoms with Gasteiger partial charge in [-0.05, 0) is 72.8 Å². The topological polar surface area (TPSA) is 272 Å². The van der Waals surface area contributed by atoms with Crippen molar-refractivity contribution in [2.45, 2.75) is 18.3 Å². The number of H-pyrrole nitrogens is 6. The second-order valence-corrected chi connectivity index (χ2v) is 13.5. The number of imidazole rings is 6. The number of aromatic nitrogens is 12. The van der Waals surface area contributed by atoms with Crippen LogP contribution in [0, 0.1) is 10.8 Å². The summed E-state index contributed by atoms with van der Waals surface area (Å²) >= 11 is 0. The molecule has 0 fully saturated rings. The van der Waals surface area contributed by atoms with Gasteiger partial charge in [0.1, 0.15) is 46.6 Å². The highest BCUT2D eigenvalue weighted by molar-refractivity contribution is 5.98. The van der Waals surface area contributed by atoms with Crippen LogP contribution in [0.25, 0.3) is 66.9 Å². The Morgan fingerprint density at radius 2 is 1.00 bits per heavy atom. The standard InChI is InChI=1S/C39H32N16/c40-33(41)18-1-5-23-27(13-18)49-31(48-23)17-22(37-50-24-6-2-19(34(42)43)14-28(24)53-37)32(38-51-25-7-3-20(15-29(25)54-38)35-44-9-10-45-35)39-52-26-8-4-21(16-30(26)55-39)36-46-11-12-47-36/h1-16,22,32H,17H2,(H3,40,41)(H3,42,43)(H,44,45)(H,46,47)(H,48,49)(H,50,53)(H,51,54)(H,52,55). The van der Waals surface area contributed by atoms with Crippen molar-refractivity contribution in [3.63, 3.8) is 0 Å². The van der Waals surface area contributed by atoms with E-state index in [1.807, 2.05) is 60.7 Å². The molecule has 0 saturated heterocycles. The number of hydrogen-bond donors (Lipinski definition) is 10. The summed E-state index contributed by atoms with van der Waals surface area (Å²) in [6, 6.07) is 23.0. The van der Waals surface area contributed by atoms with E-state index in [9.17, 15) is 0 Å². The van der Waals surface area contributed by atoms with Crippen molar-refractivity contribution >= 4 is 55.8 Å². The van der Waals surface area contributed by atoms with Crippen LogP contribution >= 0.6 is 0 Å². The summed E-state index contributed by atoms with van der Waals surface area (Å²) in [5.74, 6) is 3.22. The zero-order valence-electron chi connectivity index (χ0n) is 28.9. The lowest BCUT2D eigenvalue weighted by molar-refractivity contribution is 0.529. The van der Waals surface area contributed by atoms with E-state index < -0.39 is 11.8 Å². The fraction of sp³-hybridized carbons (Fsp3) is 0.0769. The van der Waals surface area contributed by atoms with Gasteiger partial charge in [-0.1, -0.05) is 0 Å². The van der Waals surface area contributed by atoms with E-state index in [1.165, 1.54) is 0 Å². The molecule has 6 aromatic heterocycles. The molecule has 12 N–H and O–H groups in total. The molecular formula is C39H32N16. The van der Waals surface area contributed by atoms with Gasteiger partial charge in [0, 0.05) is 59.4 Å². The molecule has 4 aromatic carbocycles. The number of rotatable bonds is 10. The minimum absolute atomic E-state index is 0.0247. The van der Waals surface area contributed by atoms with Gasteiger partial charge in [-0.15, -0.1) is 0 Å². The molecule has 0 aliphatic rings. The highest BCUT2D eigenvalue weighted by Gasteiger charge is 2.35. The Morgan fingerprint density at radius 3 is 1.51 bits per heavy atom. The first kappa shape index (κ1) is 31.8. The second kappa shape index (κ2) is 12.4. The quantitative estimate of drug-likeness (QED) is 0.0616. The van der Waals surface area contributed by atoms with Crippen LogP contribution in [0.5, 0.6) is 0 Å². The molecule has 1 unspecified atom stereocenters. The number of benzene rings is 4. The average Bonchev–Trinajstić information content (AvgIpc) is 4.04. The van der Waals surface area contributed by atoms with Crippen molar-refractivity contribution in [1.29, 1.82) is 10.8 Å². The first-order valence-electron chi connectivity index (χ1n) is 17.5. The molecule has 1 atom stereocenters. The molecule has 0 aliphatic carbocycles. The number of amidine groups is 2. The molecule has 6 heterocycles. The predicted octanol–water partition coefficient (Wildman–Crippen LogP) is 5.70. The molecule has 0 aliphatic heterocycles. The van der Waals surface area contributed by atoms with E-state index in [0.717, 1.165) is 66.9 Å². The molecule has 268 valence electrons. The number of nitrogens with two attached hydrogens (primary N) is 2. The molecular weight excluding hydrogens is 693 g/mol. The van der Waals surface area contributed by atoms with Crippen molar-refractivity contribution < 1.29 is 0 Å². The number of fused-ring (bicyclic) bond motifs is 4. The smallest absolute Gasteiger partial charge is 0.137 e. The van der Waals surface area contributed by atoms with Gasteiger partial charge in [-0.3, -0.25) is 10.8 Å². The molecule has 10 aromatic rings. The Kier molecular flexibility index (Phi) is 7.16. The van der Waals surface area contributed by atoms with Gasteiger partial charge in [0.25, 0.3) is 0 Å². The van der Waals surface area contributed by atoms with Crippen LogP contribution in [0.3, 0.4) is 0 Å². The number of aromatic amines is 6. The van der Waals surface area contributed by atoms with Crippen LogP contribution in [0.4, 0.5) is 0 Å². The zero-order valence-corrected chi connectivity index (χ0v) is 28.9. The fourth-order valence-corrected chi connectivity index (χ4v) is 7.28. The zero-order chi connectivity index (χ0) is 37.2. The SMILES string of the molecule is N=C(N)c1ccc2nc(CC(c3nc4ccc(C(=N)N)cc4[nH]3)C(c3nc4ccc(-c5ncc[nH]5)cc4[nH]3)c3nc4ccc(-c5ncc[nH]5)cc4[nH]3)[nH]c2c1. The fourth-order valence-electron chi connectivity index (χ4n) is 7.28. The third kappa shape index (κ3) is 5.64. The van der Waals surface area contributed by atoms with Crippen LogP contribution in [0.1, 0.15) is 46.3 Å². The number of nitrogens with zero attached hydrogens (tertiary/aromatic N) is 6. The van der Waals surface area contributed by atoms with Crippen molar-refractivity contribution in [1.82, 2.24) is 59.8 Å². The van der Waals surface area contributed by atoms with E-state index in [2.05, 4.69) is 39.9 Å². The van der Waals surface area contributed by atoms with E-state index in [1.54, 1.807) is 36.9 Å². The van der Waals surface area contributed by atoms with Crippen LogP contribution < -0.4 is 11.5 Å². The van der Waals surface area contributed by atoms with E-state index in [-0.39, 0.29) is 11.7 Å². The number of hydrogen-bond acceptors (Lipinski definition) is 8. The molecule has 0 bridgehead atoms. The highest BCUT2D eigenvalue weighted by atomic mass is 15.0. The predicted molar refractivity (Wildman–Crippen MR) is 210 cm³/mol. The molecule has 0 spiro atoms. The van der Waals surface area contributed by atoms with Gasteiger partial charge in [-0.25, -0.2) is 29.9 Å². The maximum Gasteiger partial charge on any atom is 0.137 e. The largest absolute Gasteiger partial charge is 0.384 e. The Hall–Kier alpha value is -7.88. The molecule has 55 heavy (non-hydrogen) atoms. The Labute approximate surface area is 310 Å². The minimum Gasteiger partial charge on any atom is -0.384 e. The van der Waals surface area contributed by atoms with Crippen LogP contribution in [0.2, 0.25) is 0 Å². The number of nitrogens with one attached hydrogen (secondary N) is 8. The van der Waals surface area contributed by atoms with Crippen LogP contribution in [-0.2, 0) is 6.42 Å². The molecule has 0 saturated carbocycles. The lowest BCUT2D eigenvalue weighted by Gasteiger charge is -2.22. The lowest BCUT2D eigenvalue weighted by Crippen LogP contribution is -2.20. The van der Waals surface area contributed by atoms with Crippen molar-refractivity contribution in [3.8, 4) is 22.8 Å². The maximum atomic E-state index is 8.04. The maximum absolute atomic E-state index is 8.04. The molecule has 0 amide bonds. The average molecular weight is 725 g/mol. The Bertz CT molecular complexity index is 2940. The Balaban J connectivity index is 1.17. The van der Waals surface area contributed by atoms with Crippen LogP contribution in [-0.4, -0.2) is 71.5 Å². The summed E-state index contributed by atoms with van der Waals surface area (Å²) in [5.41, 5.74) is 20.9. The van der Waals surface area contributed by atoms with E-state index in [0.29, 0.717) is 40.8 Å². The summed E-state index contributed by atoms with van der Waals surface area (Å²) in [6.07, 6.45) is 7.43. The molecule has 16 heteroatoms. The van der Waals surface area contributed by atoms with E-state index >= 15 is 0 Å². The van der Waals surface area contributed by atoms with Gasteiger partial charge < -0.3 is 41.4 Å². The van der Waals surface area contributed by atoms with Gasteiger partial charge in [0.15, 0.2) is 0 Å².